The Labute approximate surface area is 219 Å². The molecule has 0 saturated carbocycles. The van der Waals surface area contributed by atoms with Gasteiger partial charge in [0.05, 0.1) is 18.1 Å². The quantitative estimate of drug-likeness (QED) is 0.458. The molecular formula is C28H40N4O5. The lowest BCUT2D eigenvalue weighted by Crippen LogP contribution is -2.55. The van der Waals surface area contributed by atoms with Gasteiger partial charge in [-0.1, -0.05) is 59.1 Å². The molecule has 9 nitrogen and oxygen atoms in total. The zero-order valence-corrected chi connectivity index (χ0v) is 22.5. The van der Waals surface area contributed by atoms with Crippen molar-refractivity contribution in [1.29, 1.82) is 5.26 Å². The number of cyclic esters (lactones) is 1. The molecule has 6 atom stereocenters. The van der Waals surface area contributed by atoms with Crippen molar-refractivity contribution in [2.75, 3.05) is 0 Å². The van der Waals surface area contributed by atoms with Crippen LogP contribution in [-0.4, -0.2) is 47.9 Å². The van der Waals surface area contributed by atoms with Crippen molar-refractivity contribution in [2.24, 2.45) is 11.8 Å². The number of hydrogen-bond donors (Lipinski definition) is 3. The fourth-order valence-electron chi connectivity index (χ4n) is 4.27. The van der Waals surface area contributed by atoms with Gasteiger partial charge in [0.15, 0.2) is 0 Å². The fraction of sp³-hybridized carbons (Fsp3) is 0.607. The van der Waals surface area contributed by atoms with E-state index in [1.54, 1.807) is 24.3 Å². The number of nitrogens with zero attached hydrogens (tertiary/aromatic N) is 1. The van der Waals surface area contributed by atoms with Gasteiger partial charge < -0.3 is 20.7 Å². The Morgan fingerprint density at radius 2 is 1.78 bits per heavy atom. The predicted octanol–water partition coefficient (Wildman–Crippen LogP) is 2.76. The van der Waals surface area contributed by atoms with Gasteiger partial charge in [0.2, 0.25) is 17.7 Å². The van der Waals surface area contributed by atoms with E-state index in [4.69, 9.17) is 4.74 Å². The molecule has 1 aromatic rings. The normalized spacial score (nSPS) is 25.1. The summed E-state index contributed by atoms with van der Waals surface area (Å²) < 4.78 is 5.87. The number of nitrogens with one attached hydrogen (secondary N) is 3. The first-order valence-electron chi connectivity index (χ1n) is 13.2. The van der Waals surface area contributed by atoms with Crippen molar-refractivity contribution in [2.45, 2.75) is 97.4 Å². The Balaban J connectivity index is 2.40. The van der Waals surface area contributed by atoms with Crippen molar-refractivity contribution in [3.05, 3.63) is 35.4 Å². The molecule has 1 aromatic carbocycles. The summed E-state index contributed by atoms with van der Waals surface area (Å²) in [6.07, 6.45) is 2.60. The van der Waals surface area contributed by atoms with Crippen LogP contribution in [0.3, 0.4) is 0 Å². The van der Waals surface area contributed by atoms with Crippen LogP contribution in [0.1, 0.15) is 77.8 Å². The fourth-order valence-corrected chi connectivity index (χ4v) is 4.27. The third kappa shape index (κ3) is 8.88. The van der Waals surface area contributed by atoms with E-state index in [0.717, 1.165) is 19.3 Å². The first-order chi connectivity index (χ1) is 17.6. The van der Waals surface area contributed by atoms with Gasteiger partial charge in [-0.3, -0.25) is 14.4 Å². The Morgan fingerprint density at radius 1 is 1.05 bits per heavy atom. The molecule has 202 valence electrons. The van der Waals surface area contributed by atoms with Crippen molar-refractivity contribution in [3.8, 4) is 6.07 Å². The van der Waals surface area contributed by atoms with Crippen LogP contribution in [0.5, 0.6) is 0 Å². The second kappa shape index (κ2) is 14.4. The number of ether oxygens (including phenoxy) is 1. The van der Waals surface area contributed by atoms with E-state index in [1.165, 1.54) is 6.92 Å². The molecule has 37 heavy (non-hydrogen) atoms. The smallest absolute Gasteiger partial charge is 0.329 e. The second-order valence-electron chi connectivity index (χ2n) is 10.0. The summed E-state index contributed by atoms with van der Waals surface area (Å²) in [5.41, 5.74) is 1.13. The number of unbranched alkanes of at least 4 members (excludes halogenated alkanes) is 1. The van der Waals surface area contributed by atoms with Crippen LogP contribution in [0.2, 0.25) is 0 Å². The molecule has 0 unspecified atom stereocenters. The minimum absolute atomic E-state index is 0.0911. The molecule has 0 radical (unpaired) electrons. The van der Waals surface area contributed by atoms with E-state index in [9.17, 15) is 24.4 Å². The monoisotopic (exact) mass is 512 g/mol. The summed E-state index contributed by atoms with van der Waals surface area (Å²) in [7, 11) is 0. The first-order valence-corrected chi connectivity index (χ1v) is 13.2. The summed E-state index contributed by atoms with van der Waals surface area (Å²) in [5.74, 6) is -2.34. The van der Waals surface area contributed by atoms with Gasteiger partial charge in [0.1, 0.15) is 24.2 Å². The number of esters is 1. The lowest BCUT2D eigenvalue weighted by molar-refractivity contribution is -0.158. The van der Waals surface area contributed by atoms with Crippen molar-refractivity contribution in [1.82, 2.24) is 16.0 Å². The summed E-state index contributed by atoms with van der Waals surface area (Å²) in [6.45, 7) is 9.29. The Bertz CT molecular complexity index is 1000. The van der Waals surface area contributed by atoms with Gasteiger partial charge in [-0.2, -0.15) is 5.26 Å². The van der Waals surface area contributed by atoms with E-state index < -0.39 is 47.9 Å². The molecule has 0 bridgehead atoms. The first kappa shape index (κ1) is 29.8. The number of nitriles is 1. The Morgan fingerprint density at radius 3 is 2.43 bits per heavy atom. The predicted molar refractivity (Wildman–Crippen MR) is 139 cm³/mol. The van der Waals surface area contributed by atoms with Crippen molar-refractivity contribution >= 4 is 23.7 Å². The van der Waals surface area contributed by atoms with E-state index >= 15 is 0 Å². The highest BCUT2D eigenvalue weighted by molar-refractivity contribution is 5.94. The average molecular weight is 513 g/mol. The number of rotatable bonds is 8. The largest absolute Gasteiger partial charge is 0.460 e. The van der Waals surface area contributed by atoms with Crippen LogP contribution in [0, 0.1) is 23.2 Å². The third-order valence-corrected chi connectivity index (χ3v) is 6.97. The minimum atomic E-state index is -0.981. The molecule has 1 aliphatic rings. The molecule has 1 heterocycles. The zero-order valence-electron chi connectivity index (χ0n) is 22.5. The molecule has 1 fully saturated rings. The molecule has 0 aromatic heterocycles. The topological polar surface area (TPSA) is 137 Å². The van der Waals surface area contributed by atoms with E-state index in [1.807, 2.05) is 20.8 Å². The van der Waals surface area contributed by atoms with Gasteiger partial charge in [-0.05, 0) is 42.9 Å². The van der Waals surface area contributed by atoms with Gasteiger partial charge in [0.25, 0.3) is 0 Å². The highest BCUT2D eigenvalue weighted by atomic mass is 16.5. The van der Waals surface area contributed by atoms with Gasteiger partial charge >= 0.3 is 5.97 Å². The van der Waals surface area contributed by atoms with Crippen molar-refractivity contribution in [3.63, 3.8) is 0 Å². The van der Waals surface area contributed by atoms with Crippen LogP contribution < -0.4 is 16.0 Å². The molecule has 2 rings (SSSR count). The van der Waals surface area contributed by atoms with E-state index in [0.29, 0.717) is 17.5 Å². The summed E-state index contributed by atoms with van der Waals surface area (Å²) >= 11 is 0. The van der Waals surface area contributed by atoms with E-state index in [2.05, 4.69) is 28.9 Å². The SMILES string of the molecule is CCCC[C@H](C)[C@@H]1CC(=O)N[C@H](Cc2cccc(C#N)c2)C(=O)N[C@@H](C)C(=O)N[C@H]([C@H](C)CC)C(=O)O1. The average Bonchev–Trinajstić information content (AvgIpc) is 2.88. The molecule has 3 amide bonds. The maximum Gasteiger partial charge on any atom is 0.329 e. The zero-order chi connectivity index (χ0) is 27.5. The Kier molecular flexibility index (Phi) is 11.6. The standard InChI is InChI=1S/C28H40N4O5/c1-6-8-10-18(4)23-15-24(33)31-22(14-20-11-9-12-21(13-20)16-29)27(35)30-19(5)26(34)32-25(17(3)7-2)28(36)37-23/h9,11-13,17-19,22-23,25H,6-8,10,14-15H2,1-5H3,(H,30,35)(H,31,33)(H,32,34)/t17-,18+,19+,22-,23+,25-/m1/s1. The summed E-state index contributed by atoms with van der Waals surface area (Å²) in [6, 6.07) is 6.04. The number of carbonyl (C=O) groups excluding carboxylic acids is 4. The van der Waals surface area contributed by atoms with Crippen LogP contribution in [0.25, 0.3) is 0 Å². The van der Waals surface area contributed by atoms with Crippen molar-refractivity contribution < 1.29 is 23.9 Å². The molecule has 1 aliphatic heterocycles. The van der Waals surface area contributed by atoms with Crippen LogP contribution in [0.15, 0.2) is 24.3 Å². The van der Waals surface area contributed by atoms with Gasteiger partial charge in [0, 0.05) is 6.42 Å². The highest BCUT2D eigenvalue weighted by Crippen LogP contribution is 2.21. The third-order valence-electron chi connectivity index (χ3n) is 6.97. The number of carbonyl (C=O) groups is 4. The van der Waals surface area contributed by atoms with Gasteiger partial charge in [-0.15, -0.1) is 0 Å². The summed E-state index contributed by atoms with van der Waals surface area (Å²) in [4.78, 5) is 52.5. The molecule has 0 spiro atoms. The lowest BCUT2D eigenvalue weighted by atomic mass is 9.94. The van der Waals surface area contributed by atoms with Crippen LogP contribution in [-0.2, 0) is 30.3 Å². The number of benzene rings is 1. The van der Waals surface area contributed by atoms with Gasteiger partial charge in [-0.25, -0.2) is 4.79 Å². The molecule has 3 N–H and O–H groups in total. The number of amides is 3. The Hall–Kier alpha value is -3.41. The molecule has 1 saturated heterocycles. The van der Waals surface area contributed by atoms with E-state index in [-0.39, 0.29) is 24.7 Å². The molecule has 9 heteroatoms. The minimum Gasteiger partial charge on any atom is -0.460 e. The molecule has 0 aliphatic carbocycles. The highest BCUT2D eigenvalue weighted by Gasteiger charge is 2.35. The maximum atomic E-state index is 13.2. The second-order valence-corrected chi connectivity index (χ2v) is 10.0. The van der Waals surface area contributed by atoms with Crippen LogP contribution in [0.4, 0.5) is 0 Å². The maximum absolute atomic E-state index is 13.2. The summed E-state index contributed by atoms with van der Waals surface area (Å²) in [5, 5.41) is 17.4. The number of hydrogen-bond acceptors (Lipinski definition) is 6. The van der Waals surface area contributed by atoms with Crippen LogP contribution >= 0.6 is 0 Å². The molecular weight excluding hydrogens is 472 g/mol. The lowest BCUT2D eigenvalue weighted by Gasteiger charge is -2.29.